The van der Waals surface area contributed by atoms with Gasteiger partial charge in [-0.05, 0) is 24.5 Å². The lowest BCUT2D eigenvalue weighted by Gasteiger charge is -2.14. The fourth-order valence-corrected chi connectivity index (χ4v) is 3.32. The number of amides is 1. The van der Waals surface area contributed by atoms with Crippen LogP contribution in [0.2, 0.25) is 0 Å². The van der Waals surface area contributed by atoms with Gasteiger partial charge in [-0.25, -0.2) is 4.52 Å². The average molecular weight is 306 g/mol. The zero-order valence-corrected chi connectivity index (χ0v) is 12.8. The SMILES string of the molecule is NC(=O)c1c(N2CCCC2)nn2cccc(-c3ccccc3)c12. The number of carbonyl (C=O) groups excluding carboxylic acids is 1. The van der Waals surface area contributed by atoms with Gasteiger partial charge in [0.2, 0.25) is 0 Å². The number of rotatable bonds is 3. The Kier molecular flexibility index (Phi) is 3.26. The first kappa shape index (κ1) is 13.8. The van der Waals surface area contributed by atoms with Crippen molar-refractivity contribution in [3.05, 3.63) is 54.2 Å². The Morgan fingerprint density at radius 3 is 2.48 bits per heavy atom. The molecule has 0 bridgehead atoms. The first-order valence-corrected chi connectivity index (χ1v) is 7.87. The monoisotopic (exact) mass is 306 g/mol. The summed E-state index contributed by atoms with van der Waals surface area (Å²) in [6.07, 6.45) is 4.11. The second-order valence-electron chi connectivity index (χ2n) is 5.84. The number of benzene rings is 1. The molecule has 1 aliphatic heterocycles. The van der Waals surface area contributed by atoms with Crippen LogP contribution in [-0.2, 0) is 0 Å². The van der Waals surface area contributed by atoms with Crippen LogP contribution in [0.1, 0.15) is 23.2 Å². The number of hydrogen-bond donors (Lipinski definition) is 1. The van der Waals surface area contributed by atoms with E-state index in [0.717, 1.165) is 42.6 Å². The van der Waals surface area contributed by atoms with Crippen LogP contribution in [0.25, 0.3) is 16.6 Å². The van der Waals surface area contributed by atoms with Crippen LogP contribution in [0.3, 0.4) is 0 Å². The molecule has 0 atom stereocenters. The first-order valence-electron chi connectivity index (χ1n) is 7.87. The van der Waals surface area contributed by atoms with E-state index in [2.05, 4.69) is 10.00 Å². The Morgan fingerprint density at radius 2 is 1.78 bits per heavy atom. The third-order valence-electron chi connectivity index (χ3n) is 4.37. The van der Waals surface area contributed by atoms with Gasteiger partial charge in [0, 0.05) is 24.8 Å². The summed E-state index contributed by atoms with van der Waals surface area (Å²) >= 11 is 0. The van der Waals surface area contributed by atoms with Gasteiger partial charge in [0.05, 0.1) is 5.52 Å². The standard InChI is InChI=1S/C18H18N4O/c19-17(23)15-16-14(13-7-2-1-3-8-13)9-6-12-22(16)20-18(15)21-10-4-5-11-21/h1-3,6-9,12H,4-5,10-11H2,(H2,19,23). The summed E-state index contributed by atoms with van der Waals surface area (Å²) in [5, 5.41) is 4.64. The zero-order valence-electron chi connectivity index (χ0n) is 12.8. The Labute approximate surface area is 134 Å². The van der Waals surface area contributed by atoms with Crippen molar-refractivity contribution in [2.75, 3.05) is 18.0 Å². The summed E-state index contributed by atoms with van der Waals surface area (Å²) in [5.41, 5.74) is 9.05. The lowest BCUT2D eigenvalue weighted by atomic mass is 10.0. The maximum absolute atomic E-state index is 12.2. The molecule has 5 heteroatoms. The molecule has 2 aromatic heterocycles. The number of nitrogens with two attached hydrogens (primary N) is 1. The number of anilines is 1. The van der Waals surface area contributed by atoms with Crippen molar-refractivity contribution < 1.29 is 4.79 Å². The molecule has 23 heavy (non-hydrogen) atoms. The third kappa shape index (κ3) is 2.25. The summed E-state index contributed by atoms with van der Waals surface area (Å²) in [7, 11) is 0. The van der Waals surface area contributed by atoms with E-state index in [9.17, 15) is 4.79 Å². The molecule has 3 aromatic rings. The molecule has 4 rings (SSSR count). The van der Waals surface area contributed by atoms with E-state index in [1.54, 1.807) is 4.52 Å². The molecule has 1 fully saturated rings. The van der Waals surface area contributed by atoms with Crippen LogP contribution in [0, 0.1) is 0 Å². The van der Waals surface area contributed by atoms with Gasteiger partial charge in [0.25, 0.3) is 5.91 Å². The fourth-order valence-electron chi connectivity index (χ4n) is 3.32. The molecule has 1 aliphatic rings. The van der Waals surface area contributed by atoms with E-state index in [4.69, 9.17) is 5.73 Å². The lowest BCUT2D eigenvalue weighted by molar-refractivity contribution is 0.100. The molecule has 3 heterocycles. The summed E-state index contributed by atoms with van der Waals surface area (Å²) in [6.45, 7) is 1.84. The summed E-state index contributed by atoms with van der Waals surface area (Å²) in [5.74, 6) is 0.281. The zero-order chi connectivity index (χ0) is 15.8. The summed E-state index contributed by atoms with van der Waals surface area (Å²) in [6, 6.07) is 14.0. The molecule has 2 N–H and O–H groups in total. The highest BCUT2D eigenvalue weighted by atomic mass is 16.1. The molecule has 0 aliphatic carbocycles. The van der Waals surface area contributed by atoms with Gasteiger partial charge < -0.3 is 10.6 Å². The first-order chi connectivity index (χ1) is 11.3. The van der Waals surface area contributed by atoms with E-state index in [1.165, 1.54) is 0 Å². The molecule has 0 saturated carbocycles. The van der Waals surface area contributed by atoms with Crippen LogP contribution in [0.15, 0.2) is 48.7 Å². The molecular weight excluding hydrogens is 288 g/mol. The predicted molar refractivity (Wildman–Crippen MR) is 90.6 cm³/mol. The molecular formula is C18H18N4O. The number of fused-ring (bicyclic) bond motifs is 1. The van der Waals surface area contributed by atoms with Crippen molar-refractivity contribution in [3.63, 3.8) is 0 Å². The van der Waals surface area contributed by atoms with E-state index in [1.807, 2.05) is 48.7 Å². The Balaban J connectivity index is 2.00. The second kappa shape index (κ2) is 5.43. The Hall–Kier alpha value is -2.82. The molecule has 5 nitrogen and oxygen atoms in total. The largest absolute Gasteiger partial charge is 0.365 e. The quantitative estimate of drug-likeness (QED) is 0.809. The van der Waals surface area contributed by atoms with Crippen LogP contribution in [0.4, 0.5) is 5.82 Å². The van der Waals surface area contributed by atoms with Gasteiger partial charge in [-0.1, -0.05) is 36.4 Å². The Morgan fingerprint density at radius 1 is 1.04 bits per heavy atom. The average Bonchev–Trinajstić information content (AvgIpc) is 3.22. The minimum Gasteiger partial charge on any atom is -0.365 e. The van der Waals surface area contributed by atoms with Crippen molar-refractivity contribution >= 4 is 17.2 Å². The van der Waals surface area contributed by atoms with Gasteiger partial charge in [-0.15, -0.1) is 5.10 Å². The van der Waals surface area contributed by atoms with Gasteiger partial charge in [0.1, 0.15) is 5.56 Å². The predicted octanol–water partition coefficient (Wildman–Crippen LogP) is 2.70. The normalized spacial score (nSPS) is 14.5. The van der Waals surface area contributed by atoms with Crippen molar-refractivity contribution in [1.82, 2.24) is 9.61 Å². The summed E-state index contributed by atoms with van der Waals surface area (Å²) in [4.78, 5) is 14.3. The molecule has 116 valence electrons. The number of pyridine rings is 1. The molecule has 1 saturated heterocycles. The molecule has 0 unspecified atom stereocenters. The number of carbonyl (C=O) groups is 1. The van der Waals surface area contributed by atoms with E-state index in [-0.39, 0.29) is 0 Å². The Bertz CT molecular complexity index is 863. The molecule has 1 aromatic carbocycles. The van der Waals surface area contributed by atoms with Gasteiger partial charge in [-0.3, -0.25) is 4.79 Å². The number of aromatic nitrogens is 2. The smallest absolute Gasteiger partial charge is 0.254 e. The van der Waals surface area contributed by atoms with E-state index >= 15 is 0 Å². The van der Waals surface area contributed by atoms with Crippen LogP contribution in [-0.4, -0.2) is 28.6 Å². The topological polar surface area (TPSA) is 63.6 Å². The van der Waals surface area contributed by atoms with Crippen LogP contribution in [0.5, 0.6) is 0 Å². The van der Waals surface area contributed by atoms with E-state index < -0.39 is 5.91 Å². The number of nitrogens with zero attached hydrogens (tertiary/aromatic N) is 3. The van der Waals surface area contributed by atoms with Crippen molar-refractivity contribution in [2.24, 2.45) is 5.73 Å². The fraction of sp³-hybridized carbons (Fsp3) is 0.222. The van der Waals surface area contributed by atoms with Crippen LogP contribution >= 0.6 is 0 Å². The lowest BCUT2D eigenvalue weighted by Crippen LogP contribution is -2.22. The van der Waals surface area contributed by atoms with Gasteiger partial charge in [-0.2, -0.15) is 0 Å². The van der Waals surface area contributed by atoms with Gasteiger partial charge >= 0.3 is 0 Å². The number of hydrogen-bond acceptors (Lipinski definition) is 3. The highest BCUT2D eigenvalue weighted by Crippen LogP contribution is 2.33. The molecule has 0 radical (unpaired) electrons. The number of primary amides is 1. The highest BCUT2D eigenvalue weighted by Gasteiger charge is 2.26. The van der Waals surface area contributed by atoms with Crippen molar-refractivity contribution in [1.29, 1.82) is 0 Å². The maximum atomic E-state index is 12.2. The second-order valence-corrected chi connectivity index (χ2v) is 5.84. The maximum Gasteiger partial charge on any atom is 0.254 e. The summed E-state index contributed by atoms with van der Waals surface area (Å²) < 4.78 is 1.77. The molecule has 1 amide bonds. The van der Waals surface area contributed by atoms with Gasteiger partial charge in [0.15, 0.2) is 5.82 Å². The highest BCUT2D eigenvalue weighted by molar-refractivity contribution is 6.08. The van der Waals surface area contributed by atoms with Crippen molar-refractivity contribution in [2.45, 2.75) is 12.8 Å². The van der Waals surface area contributed by atoms with Crippen LogP contribution < -0.4 is 10.6 Å². The minimum atomic E-state index is -0.426. The minimum absolute atomic E-state index is 0.426. The molecule has 0 spiro atoms. The third-order valence-corrected chi connectivity index (χ3v) is 4.37. The van der Waals surface area contributed by atoms with E-state index in [0.29, 0.717) is 11.4 Å². The van der Waals surface area contributed by atoms with Crippen molar-refractivity contribution in [3.8, 4) is 11.1 Å².